The number of nitrogens with zero attached hydrogens (tertiary/aromatic N) is 1. The topological polar surface area (TPSA) is 60.2 Å². The van der Waals surface area contributed by atoms with Crippen LogP contribution in [0.2, 0.25) is 0 Å². The van der Waals surface area contributed by atoms with E-state index >= 15 is 0 Å². The van der Waals surface area contributed by atoms with Crippen LogP contribution in [0.4, 0.5) is 5.69 Å². The lowest BCUT2D eigenvalue weighted by molar-refractivity contribution is -0.384. The molecule has 0 amide bonds. The molecule has 1 aromatic heterocycles. The summed E-state index contributed by atoms with van der Waals surface area (Å²) in [6, 6.07) is 9.75. The molecular weight excluding hydrogens is 262 g/mol. The third-order valence-electron chi connectivity index (χ3n) is 2.51. The summed E-state index contributed by atoms with van der Waals surface area (Å²) in [7, 11) is 0. The van der Waals surface area contributed by atoms with Gasteiger partial charge in [-0.15, -0.1) is 11.3 Å². The summed E-state index contributed by atoms with van der Waals surface area (Å²) in [5.74, 6) is -0.0588. The largest absolute Gasteiger partial charge is 0.288 e. The van der Waals surface area contributed by atoms with Crippen LogP contribution in [-0.4, -0.2) is 10.7 Å². The number of carbonyl (C=O) groups is 1. The highest BCUT2D eigenvalue weighted by molar-refractivity contribution is 7.14. The van der Waals surface area contributed by atoms with E-state index < -0.39 is 4.92 Å². The number of rotatable bonds is 4. The Bertz CT molecular complexity index is 641. The predicted octanol–water partition coefficient (Wildman–Crippen LogP) is 3.86. The predicted molar refractivity (Wildman–Crippen MR) is 75.5 cm³/mol. The lowest BCUT2D eigenvalue weighted by Crippen LogP contribution is -1.89. The van der Waals surface area contributed by atoms with Crippen molar-refractivity contribution in [1.82, 2.24) is 0 Å². The molecule has 1 aromatic carbocycles. The Morgan fingerprint density at radius 2 is 1.89 bits per heavy atom. The third-order valence-corrected chi connectivity index (χ3v) is 3.53. The van der Waals surface area contributed by atoms with Crippen molar-refractivity contribution in [1.29, 1.82) is 0 Å². The van der Waals surface area contributed by atoms with E-state index in [9.17, 15) is 14.9 Å². The van der Waals surface area contributed by atoms with Crippen molar-refractivity contribution in [2.45, 2.75) is 6.92 Å². The maximum atomic E-state index is 11.8. The number of aryl methyl sites for hydroxylation is 1. The SMILES string of the molecule is Cc1ccc(C(=O)/C=C/c2ccc([N+](=O)[O-])cc2)s1. The fraction of sp³-hybridized carbons (Fsp3) is 0.0714. The molecule has 0 N–H and O–H groups in total. The summed E-state index contributed by atoms with van der Waals surface area (Å²) in [6.07, 6.45) is 3.13. The smallest absolute Gasteiger partial charge is 0.269 e. The molecule has 2 aromatic rings. The molecule has 19 heavy (non-hydrogen) atoms. The van der Waals surface area contributed by atoms with Gasteiger partial charge in [-0.05, 0) is 42.8 Å². The standard InChI is InChI=1S/C14H11NO3S/c1-10-2-9-14(19-10)13(16)8-5-11-3-6-12(7-4-11)15(17)18/h2-9H,1H3/b8-5+. The van der Waals surface area contributed by atoms with E-state index in [1.807, 2.05) is 13.0 Å². The Morgan fingerprint density at radius 1 is 1.21 bits per heavy atom. The Labute approximate surface area is 114 Å². The Kier molecular flexibility index (Phi) is 3.87. The van der Waals surface area contributed by atoms with Gasteiger partial charge in [-0.1, -0.05) is 6.08 Å². The van der Waals surface area contributed by atoms with Gasteiger partial charge in [-0.25, -0.2) is 0 Å². The first-order valence-corrected chi connectivity index (χ1v) is 6.41. The zero-order valence-electron chi connectivity index (χ0n) is 10.2. The fourth-order valence-electron chi connectivity index (χ4n) is 1.53. The molecule has 0 unspecified atom stereocenters. The van der Waals surface area contributed by atoms with Gasteiger partial charge >= 0.3 is 0 Å². The number of nitro groups is 1. The van der Waals surface area contributed by atoms with E-state index in [2.05, 4.69) is 0 Å². The first-order valence-electron chi connectivity index (χ1n) is 5.59. The number of allylic oxidation sites excluding steroid dienone is 1. The highest BCUT2D eigenvalue weighted by atomic mass is 32.1. The molecule has 0 radical (unpaired) electrons. The minimum absolute atomic E-state index is 0.0392. The first kappa shape index (κ1) is 13.2. The number of carbonyl (C=O) groups excluding carboxylic acids is 1. The number of hydrogen-bond donors (Lipinski definition) is 0. The Hall–Kier alpha value is -2.27. The Balaban J connectivity index is 2.10. The van der Waals surface area contributed by atoms with E-state index in [1.54, 1.807) is 24.3 Å². The van der Waals surface area contributed by atoms with Crippen LogP contribution in [0.5, 0.6) is 0 Å². The molecule has 0 bridgehead atoms. The van der Waals surface area contributed by atoms with Crippen molar-refractivity contribution < 1.29 is 9.72 Å². The van der Waals surface area contributed by atoms with Gasteiger partial charge in [0.1, 0.15) is 0 Å². The normalized spacial score (nSPS) is 10.8. The molecule has 0 saturated heterocycles. The van der Waals surface area contributed by atoms with Gasteiger partial charge in [0, 0.05) is 17.0 Å². The number of benzene rings is 1. The van der Waals surface area contributed by atoms with Crippen LogP contribution in [0.3, 0.4) is 0 Å². The van der Waals surface area contributed by atoms with Crippen LogP contribution < -0.4 is 0 Å². The van der Waals surface area contributed by atoms with Crippen molar-refractivity contribution in [2.75, 3.05) is 0 Å². The molecule has 0 spiro atoms. The lowest BCUT2D eigenvalue weighted by Gasteiger charge is -1.93. The second-order valence-corrected chi connectivity index (χ2v) is 5.24. The second kappa shape index (κ2) is 5.58. The van der Waals surface area contributed by atoms with Crippen molar-refractivity contribution in [2.24, 2.45) is 0 Å². The average molecular weight is 273 g/mol. The highest BCUT2D eigenvalue weighted by Crippen LogP contribution is 2.17. The molecule has 1 heterocycles. The van der Waals surface area contributed by atoms with Crippen molar-refractivity contribution in [3.8, 4) is 0 Å². The maximum Gasteiger partial charge on any atom is 0.269 e. The first-order chi connectivity index (χ1) is 9.06. The van der Waals surface area contributed by atoms with Crippen LogP contribution in [0.1, 0.15) is 20.1 Å². The summed E-state index contributed by atoms with van der Waals surface area (Å²) in [6.45, 7) is 1.95. The number of non-ortho nitro benzene ring substituents is 1. The van der Waals surface area contributed by atoms with Crippen LogP contribution in [0.25, 0.3) is 6.08 Å². The van der Waals surface area contributed by atoms with Gasteiger partial charge in [0.05, 0.1) is 9.80 Å². The van der Waals surface area contributed by atoms with Gasteiger partial charge in [0.2, 0.25) is 0 Å². The highest BCUT2D eigenvalue weighted by Gasteiger charge is 2.05. The quantitative estimate of drug-likeness (QED) is 0.368. The zero-order valence-corrected chi connectivity index (χ0v) is 11.0. The average Bonchev–Trinajstić information content (AvgIpc) is 2.83. The zero-order chi connectivity index (χ0) is 13.8. The van der Waals surface area contributed by atoms with Gasteiger partial charge in [-0.2, -0.15) is 0 Å². The van der Waals surface area contributed by atoms with Crippen LogP contribution in [-0.2, 0) is 0 Å². The van der Waals surface area contributed by atoms with E-state index in [1.165, 1.54) is 29.5 Å². The molecule has 4 nitrogen and oxygen atoms in total. The molecular formula is C14H11NO3S. The number of hydrogen-bond acceptors (Lipinski definition) is 4. The number of nitro benzene ring substituents is 1. The van der Waals surface area contributed by atoms with Crippen molar-refractivity contribution in [3.05, 3.63) is 67.9 Å². The summed E-state index contributed by atoms with van der Waals surface area (Å²) in [5.41, 5.74) is 0.796. The Morgan fingerprint density at radius 3 is 2.42 bits per heavy atom. The van der Waals surface area contributed by atoms with Gasteiger partial charge in [0.15, 0.2) is 5.78 Å². The third kappa shape index (κ3) is 3.35. The van der Waals surface area contributed by atoms with Crippen LogP contribution in [0.15, 0.2) is 42.5 Å². The van der Waals surface area contributed by atoms with E-state index in [0.29, 0.717) is 4.88 Å². The van der Waals surface area contributed by atoms with Crippen LogP contribution >= 0.6 is 11.3 Å². The van der Waals surface area contributed by atoms with Crippen LogP contribution in [0, 0.1) is 17.0 Å². The number of thiophene rings is 1. The molecule has 5 heteroatoms. The molecule has 0 aliphatic carbocycles. The molecule has 0 atom stereocenters. The monoisotopic (exact) mass is 273 g/mol. The fourth-order valence-corrected chi connectivity index (χ4v) is 2.32. The summed E-state index contributed by atoms with van der Waals surface area (Å²) < 4.78 is 0. The van der Waals surface area contributed by atoms with E-state index in [4.69, 9.17) is 0 Å². The molecule has 0 aliphatic rings. The lowest BCUT2D eigenvalue weighted by atomic mass is 10.1. The summed E-state index contributed by atoms with van der Waals surface area (Å²) in [5, 5.41) is 10.5. The van der Waals surface area contributed by atoms with Gasteiger partial charge in [0.25, 0.3) is 5.69 Å². The van der Waals surface area contributed by atoms with Gasteiger partial charge in [-0.3, -0.25) is 14.9 Å². The number of ketones is 1. The van der Waals surface area contributed by atoms with E-state index in [0.717, 1.165) is 10.4 Å². The van der Waals surface area contributed by atoms with Crippen molar-refractivity contribution >= 4 is 28.9 Å². The summed E-state index contributed by atoms with van der Waals surface area (Å²) >= 11 is 1.45. The minimum Gasteiger partial charge on any atom is -0.288 e. The summed E-state index contributed by atoms with van der Waals surface area (Å²) in [4.78, 5) is 23.7. The molecule has 96 valence electrons. The second-order valence-electron chi connectivity index (χ2n) is 3.96. The molecule has 2 rings (SSSR count). The molecule has 0 saturated carbocycles. The van der Waals surface area contributed by atoms with E-state index in [-0.39, 0.29) is 11.5 Å². The molecule has 0 aliphatic heterocycles. The van der Waals surface area contributed by atoms with Crippen molar-refractivity contribution in [3.63, 3.8) is 0 Å². The van der Waals surface area contributed by atoms with Gasteiger partial charge < -0.3 is 0 Å². The maximum absolute atomic E-state index is 11.8. The molecule has 0 fully saturated rings. The minimum atomic E-state index is -0.451.